The van der Waals surface area contributed by atoms with Crippen LogP contribution < -0.4 is 21.5 Å². The first-order valence-electron chi connectivity index (χ1n) is 8.28. The molecule has 2 nitrogen and oxygen atoms in total. The molecule has 4 heteroatoms. The van der Waals surface area contributed by atoms with E-state index in [-0.39, 0.29) is 17.0 Å². The smallest absolute Gasteiger partial charge is 0.262 e. The highest BCUT2D eigenvalue weighted by Crippen LogP contribution is 2.27. The SMILES string of the molecule is Brc1ccc(-c2c[n+]3c(n2-c2ccccc2)CCCCC3)cc1.[Br-]. The zero-order chi connectivity index (χ0) is 15.6. The van der Waals surface area contributed by atoms with Gasteiger partial charge in [0.05, 0.1) is 6.54 Å². The highest BCUT2D eigenvalue weighted by molar-refractivity contribution is 9.10. The molecule has 124 valence electrons. The Morgan fingerprint density at radius 1 is 0.875 bits per heavy atom. The molecule has 4 rings (SSSR count). The second-order valence-electron chi connectivity index (χ2n) is 6.11. The van der Waals surface area contributed by atoms with Gasteiger partial charge in [-0.3, -0.25) is 0 Å². The molecule has 2 heterocycles. The fraction of sp³-hybridized carbons (Fsp3) is 0.250. The predicted octanol–water partition coefficient (Wildman–Crippen LogP) is 1.92. The Morgan fingerprint density at radius 2 is 1.62 bits per heavy atom. The molecule has 0 aliphatic carbocycles. The van der Waals surface area contributed by atoms with Crippen molar-refractivity contribution in [3.05, 3.63) is 71.1 Å². The van der Waals surface area contributed by atoms with Gasteiger partial charge >= 0.3 is 0 Å². The summed E-state index contributed by atoms with van der Waals surface area (Å²) < 4.78 is 6.01. The van der Waals surface area contributed by atoms with Crippen molar-refractivity contribution < 1.29 is 21.5 Å². The first-order valence-corrected chi connectivity index (χ1v) is 9.08. The van der Waals surface area contributed by atoms with Crippen molar-refractivity contribution >= 4 is 15.9 Å². The van der Waals surface area contributed by atoms with E-state index in [9.17, 15) is 0 Å². The minimum absolute atomic E-state index is 0. The van der Waals surface area contributed by atoms with E-state index < -0.39 is 0 Å². The Kier molecular flexibility index (Phi) is 5.57. The maximum Gasteiger partial charge on any atom is 0.262 e. The van der Waals surface area contributed by atoms with Gasteiger partial charge < -0.3 is 17.0 Å². The lowest BCUT2D eigenvalue weighted by molar-refractivity contribution is -0.702. The van der Waals surface area contributed by atoms with Gasteiger partial charge in [0.25, 0.3) is 5.82 Å². The fourth-order valence-corrected chi connectivity index (χ4v) is 3.69. The van der Waals surface area contributed by atoms with Crippen LogP contribution in [0, 0.1) is 0 Å². The van der Waals surface area contributed by atoms with Crippen LogP contribution in [0.1, 0.15) is 25.1 Å². The molecule has 0 N–H and O–H groups in total. The molecule has 1 aliphatic rings. The average molecular weight is 448 g/mol. The summed E-state index contributed by atoms with van der Waals surface area (Å²) in [4.78, 5) is 0. The number of hydrogen-bond donors (Lipinski definition) is 0. The predicted molar refractivity (Wildman–Crippen MR) is 96.7 cm³/mol. The number of aromatic nitrogens is 2. The third-order valence-electron chi connectivity index (χ3n) is 4.56. The molecule has 0 saturated heterocycles. The number of fused-ring (bicyclic) bond motifs is 1. The first-order chi connectivity index (χ1) is 11.3. The largest absolute Gasteiger partial charge is 1.00 e. The molecule has 1 aromatic heterocycles. The Hall–Kier alpha value is -1.39. The first kappa shape index (κ1) is 17.4. The van der Waals surface area contributed by atoms with E-state index >= 15 is 0 Å². The van der Waals surface area contributed by atoms with Crippen LogP contribution in [-0.2, 0) is 13.0 Å². The van der Waals surface area contributed by atoms with E-state index in [1.165, 1.54) is 42.0 Å². The van der Waals surface area contributed by atoms with Gasteiger partial charge in [-0.25, -0.2) is 4.57 Å². The minimum atomic E-state index is 0. The Labute approximate surface area is 162 Å². The van der Waals surface area contributed by atoms with Crippen LogP contribution in [-0.4, -0.2) is 4.57 Å². The molecule has 0 fully saturated rings. The molecule has 0 saturated carbocycles. The summed E-state index contributed by atoms with van der Waals surface area (Å²) in [7, 11) is 0. The summed E-state index contributed by atoms with van der Waals surface area (Å²) in [5.74, 6) is 1.42. The number of hydrogen-bond acceptors (Lipinski definition) is 0. The van der Waals surface area contributed by atoms with Gasteiger partial charge in [-0.15, -0.1) is 0 Å². The molecule has 3 aromatic rings. The van der Waals surface area contributed by atoms with Gasteiger partial charge in [-0.2, -0.15) is 4.57 Å². The monoisotopic (exact) mass is 446 g/mol. The topological polar surface area (TPSA) is 8.81 Å². The lowest BCUT2D eigenvalue weighted by atomic mass is 10.1. The van der Waals surface area contributed by atoms with Gasteiger partial charge in [-0.05, 0) is 55.7 Å². The summed E-state index contributed by atoms with van der Waals surface area (Å²) in [6.45, 7) is 1.12. The number of halogens is 2. The summed E-state index contributed by atoms with van der Waals surface area (Å²) in [6, 6.07) is 19.3. The van der Waals surface area contributed by atoms with E-state index in [4.69, 9.17) is 0 Å². The van der Waals surface area contributed by atoms with Crippen molar-refractivity contribution in [1.82, 2.24) is 4.57 Å². The third-order valence-corrected chi connectivity index (χ3v) is 5.09. The summed E-state index contributed by atoms with van der Waals surface area (Å²) in [5.41, 5.74) is 3.79. The van der Waals surface area contributed by atoms with Crippen molar-refractivity contribution in [1.29, 1.82) is 0 Å². The van der Waals surface area contributed by atoms with Crippen molar-refractivity contribution in [2.24, 2.45) is 0 Å². The summed E-state index contributed by atoms with van der Waals surface area (Å²) in [5, 5.41) is 0. The normalized spacial score (nSPS) is 13.7. The molecule has 0 bridgehead atoms. The Bertz CT molecular complexity index is 808. The maximum atomic E-state index is 3.54. The lowest BCUT2D eigenvalue weighted by Gasteiger charge is -2.05. The molecule has 0 radical (unpaired) electrons. The zero-order valence-electron chi connectivity index (χ0n) is 13.5. The lowest BCUT2D eigenvalue weighted by Crippen LogP contribution is -3.00. The molecule has 0 amide bonds. The second-order valence-corrected chi connectivity index (χ2v) is 7.03. The molecule has 1 aliphatic heterocycles. The highest BCUT2D eigenvalue weighted by atomic mass is 79.9. The highest BCUT2D eigenvalue weighted by Gasteiger charge is 2.26. The molecule has 0 spiro atoms. The van der Waals surface area contributed by atoms with E-state index in [2.05, 4.69) is 85.9 Å². The standard InChI is InChI=1S/C20H20BrN2.BrH/c21-17-12-10-16(11-13-17)19-15-22-14-6-2-5-9-20(22)23(19)18-7-3-1-4-8-18;/h1,3-4,7-8,10-13,15H,2,5-6,9,14H2;1H/q+1;/p-1. The van der Waals surface area contributed by atoms with E-state index in [1.54, 1.807) is 0 Å². The molecular formula is C20H20Br2N2. The van der Waals surface area contributed by atoms with Crippen LogP contribution in [0.2, 0.25) is 0 Å². The van der Waals surface area contributed by atoms with E-state index in [0.29, 0.717) is 0 Å². The second kappa shape index (κ2) is 7.66. The third kappa shape index (κ3) is 3.35. The molecule has 0 atom stereocenters. The average Bonchev–Trinajstić information content (AvgIpc) is 2.79. The molecule has 2 aromatic carbocycles. The Morgan fingerprint density at radius 3 is 2.38 bits per heavy atom. The van der Waals surface area contributed by atoms with Crippen LogP contribution in [0.25, 0.3) is 16.9 Å². The quantitative estimate of drug-likeness (QED) is 0.531. The summed E-state index contributed by atoms with van der Waals surface area (Å²) >= 11 is 3.54. The molecular weight excluding hydrogens is 428 g/mol. The van der Waals surface area contributed by atoms with Crippen molar-refractivity contribution in [2.75, 3.05) is 0 Å². The van der Waals surface area contributed by atoms with Gasteiger partial charge in [-0.1, -0.05) is 34.1 Å². The van der Waals surface area contributed by atoms with Crippen molar-refractivity contribution in [2.45, 2.75) is 32.2 Å². The van der Waals surface area contributed by atoms with Crippen LogP contribution in [0.5, 0.6) is 0 Å². The van der Waals surface area contributed by atoms with Crippen LogP contribution in [0.4, 0.5) is 0 Å². The number of rotatable bonds is 2. The van der Waals surface area contributed by atoms with Gasteiger partial charge in [0, 0.05) is 16.5 Å². The van der Waals surface area contributed by atoms with Crippen LogP contribution >= 0.6 is 15.9 Å². The van der Waals surface area contributed by atoms with E-state index in [1.807, 2.05) is 0 Å². The van der Waals surface area contributed by atoms with E-state index in [0.717, 1.165) is 17.4 Å². The number of imidazole rings is 1. The number of aryl methyl sites for hydroxylation is 1. The van der Waals surface area contributed by atoms with Crippen molar-refractivity contribution in [3.63, 3.8) is 0 Å². The Balaban J connectivity index is 0.00000169. The number of nitrogens with zero attached hydrogens (tertiary/aromatic N) is 2. The van der Waals surface area contributed by atoms with Gasteiger partial charge in [0.15, 0.2) is 5.69 Å². The molecule has 24 heavy (non-hydrogen) atoms. The fourth-order valence-electron chi connectivity index (χ4n) is 3.43. The van der Waals surface area contributed by atoms with Crippen molar-refractivity contribution in [3.8, 4) is 16.9 Å². The number of benzene rings is 2. The zero-order valence-corrected chi connectivity index (χ0v) is 16.6. The number of para-hydroxylation sites is 1. The van der Waals surface area contributed by atoms with Crippen LogP contribution in [0.3, 0.4) is 0 Å². The summed E-state index contributed by atoms with van der Waals surface area (Å²) in [6.07, 6.45) is 7.35. The minimum Gasteiger partial charge on any atom is -1.00 e. The maximum absolute atomic E-state index is 3.54. The van der Waals surface area contributed by atoms with Gasteiger partial charge in [0.1, 0.15) is 11.9 Å². The molecule has 0 unspecified atom stereocenters. The van der Waals surface area contributed by atoms with Crippen LogP contribution in [0.15, 0.2) is 65.3 Å². The van der Waals surface area contributed by atoms with Gasteiger partial charge in [0.2, 0.25) is 0 Å².